The summed E-state index contributed by atoms with van der Waals surface area (Å²) in [5.41, 5.74) is 1.93. The summed E-state index contributed by atoms with van der Waals surface area (Å²) in [4.78, 5) is 3.84. The van der Waals surface area contributed by atoms with Crippen molar-refractivity contribution in [1.29, 1.82) is 0 Å². The molecule has 0 spiro atoms. The molecule has 3 aromatic rings. The summed E-state index contributed by atoms with van der Waals surface area (Å²) >= 11 is 0. The fraction of sp³-hybridized carbons (Fsp3) is 0.370. The Labute approximate surface area is 198 Å². The molecular weight excluding hydrogens is 441 g/mol. The maximum atomic E-state index is 14.5. The molecule has 1 N–H and O–H groups in total. The van der Waals surface area contributed by atoms with Gasteiger partial charge in [0, 0.05) is 29.5 Å². The highest BCUT2D eigenvalue weighted by molar-refractivity contribution is 5.67. The summed E-state index contributed by atoms with van der Waals surface area (Å²) in [6.45, 7) is 3.23. The van der Waals surface area contributed by atoms with E-state index < -0.39 is 11.7 Å². The Morgan fingerprint density at radius 3 is 2.47 bits per heavy atom. The van der Waals surface area contributed by atoms with Gasteiger partial charge in [-0.15, -0.1) is 0 Å². The number of aromatic nitrogens is 1. The third-order valence-corrected chi connectivity index (χ3v) is 6.44. The number of pyridine rings is 1. The van der Waals surface area contributed by atoms with Crippen molar-refractivity contribution in [2.24, 2.45) is 0 Å². The molecule has 1 fully saturated rings. The fourth-order valence-corrected chi connectivity index (χ4v) is 4.51. The van der Waals surface area contributed by atoms with Crippen LogP contribution in [0.15, 0.2) is 60.8 Å². The molecule has 1 saturated heterocycles. The lowest BCUT2D eigenvalue weighted by Crippen LogP contribution is -2.43. The van der Waals surface area contributed by atoms with Crippen LogP contribution in [0.5, 0.6) is 5.88 Å². The minimum absolute atomic E-state index is 0.133. The van der Waals surface area contributed by atoms with Gasteiger partial charge >= 0.3 is 0 Å². The normalized spacial score (nSPS) is 15.8. The predicted octanol–water partition coefficient (Wildman–Crippen LogP) is 5.85. The van der Waals surface area contributed by atoms with Gasteiger partial charge in [0.1, 0.15) is 5.82 Å². The van der Waals surface area contributed by atoms with E-state index in [2.05, 4.69) is 22.4 Å². The first-order valence-electron chi connectivity index (χ1n) is 11.4. The Bertz CT molecular complexity index is 1110. The van der Waals surface area contributed by atoms with Gasteiger partial charge in [0.15, 0.2) is 0 Å². The molecule has 0 saturated carbocycles. The van der Waals surface area contributed by atoms with Crippen molar-refractivity contribution in [3.05, 3.63) is 83.3 Å². The lowest BCUT2D eigenvalue weighted by Gasteiger charge is -2.38. The first-order chi connectivity index (χ1) is 16.3. The summed E-state index contributed by atoms with van der Waals surface area (Å²) in [7, 11) is 1.42. The number of nitrogens with one attached hydrogen (secondary N) is 1. The van der Waals surface area contributed by atoms with Crippen molar-refractivity contribution in [2.45, 2.75) is 37.7 Å². The molecule has 7 heteroatoms. The molecule has 0 bridgehead atoms. The first kappa shape index (κ1) is 24.2. The summed E-state index contributed by atoms with van der Waals surface area (Å²) in [6, 6.07) is 16.1. The number of rotatable bonds is 8. The van der Waals surface area contributed by atoms with E-state index in [-0.39, 0.29) is 29.0 Å². The summed E-state index contributed by atoms with van der Waals surface area (Å²) in [5, 5.41) is 3.39. The monoisotopic (exact) mass is 470 g/mol. The van der Waals surface area contributed by atoms with Crippen molar-refractivity contribution in [2.75, 3.05) is 26.8 Å². The smallest absolute Gasteiger partial charge is 0.270 e. The molecule has 180 valence electrons. The lowest BCUT2D eigenvalue weighted by atomic mass is 9.74. The van der Waals surface area contributed by atoms with Crippen LogP contribution in [0.1, 0.15) is 36.5 Å². The number of piperidine rings is 1. The Balaban J connectivity index is 1.61. The Morgan fingerprint density at radius 2 is 1.79 bits per heavy atom. The predicted molar refractivity (Wildman–Crippen MR) is 126 cm³/mol. The molecule has 0 atom stereocenters. The van der Waals surface area contributed by atoms with Crippen LogP contribution in [0.3, 0.4) is 0 Å². The fourth-order valence-electron chi connectivity index (χ4n) is 4.51. The maximum Gasteiger partial charge on any atom is 0.270 e. The topological polar surface area (TPSA) is 43.4 Å². The largest absolute Gasteiger partial charge is 0.481 e. The minimum Gasteiger partial charge on any atom is -0.481 e. The molecule has 2 aromatic carbocycles. The van der Waals surface area contributed by atoms with E-state index >= 15 is 0 Å². The van der Waals surface area contributed by atoms with Gasteiger partial charge in [0.25, 0.3) is 5.92 Å². The van der Waals surface area contributed by atoms with Gasteiger partial charge in [-0.05, 0) is 60.8 Å². The lowest BCUT2D eigenvalue weighted by molar-refractivity contribution is 0.0170. The van der Waals surface area contributed by atoms with Gasteiger partial charge in [-0.1, -0.05) is 30.3 Å². The number of halogens is 3. The first-order valence-corrected chi connectivity index (χ1v) is 11.4. The molecular formula is C27H29F3N2O2. The minimum atomic E-state index is -3.08. The van der Waals surface area contributed by atoms with Gasteiger partial charge in [-0.25, -0.2) is 18.2 Å². The molecule has 4 rings (SSSR count). The summed E-state index contributed by atoms with van der Waals surface area (Å²) < 4.78 is 54.4. The molecule has 1 aliphatic rings. The number of alkyl halides is 2. The Morgan fingerprint density at radius 1 is 1.06 bits per heavy atom. The van der Waals surface area contributed by atoms with Crippen LogP contribution in [-0.2, 0) is 22.7 Å². The van der Waals surface area contributed by atoms with Crippen LogP contribution in [-0.4, -0.2) is 31.8 Å². The average Bonchev–Trinajstić information content (AvgIpc) is 2.85. The third kappa shape index (κ3) is 5.42. The highest BCUT2D eigenvalue weighted by Gasteiger charge is 2.34. The van der Waals surface area contributed by atoms with Crippen LogP contribution in [0.25, 0.3) is 11.1 Å². The van der Waals surface area contributed by atoms with Crippen LogP contribution in [0, 0.1) is 5.82 Å². The van der Waals surface area contributed by atoms with E-state index in [1.54, 1.807) is 6.07 Å². The zero-order valence-corrected chi connectivity index (χ0v) is 19.4. The molecule has 34 heavy (non-hydrogen) atoms. The summed E-state index contributed by atoms with van der Waals surface area (Å²) in [5.74, 6) is -3.49. The average molecular weight is 471 g/mol. The molecule has 0 amide bonds. The van der Waals surface area contributed by atoms with E-state index in [0.717, 1.165) is 39.1 Å². The van der Waals surface area contributed by atoms with Crippen molar-refractivity contribution >= 4 is 0 Å². The molecule has 1 aromatic heterocycles. The van der Waals surface area contributed by atoms with E-state index in [0.29, 0.717) is 17.7 Å². The molecule has 0 unspecified atom stereocenters. The number of hydrogen-bond acceptors (Lipinski definition) is 4. The molecule has 2 heterocycles. The number of ether oxygens (including phenoxy) is 2. The van der Waals surface area contributed by atoms with Crippen LogP contribution < -0.4 is 10.1 Å². The second-order valence-electron chi connectivity index (χ2n) is 8.90. The van der Waals surface area contributed by atoms with Crippen molar-refractivity contribution in [3.63, 3.8) is 0 Å². The van der Waals surface area contributed by atoms with E-state index in [1.165, 1.54) is 30.9 Å². The summed E-state index contributed by atoms with van der Waals surface area (Å²) in [6.07, 6.45) is 2.89. The van der Waals surface area contributed by atoms with Crippen molar-refractivity contribution in [1.82, 2.24) is 10.3 Å². The third-order valence-electron chi connectivity index (χ3n) is 6.44. The van der Waals surface area contributed by atoms with E-state index in [1.807, 2.05) is 18.2 Å². The Hall–Kier alpha value is -2.90. The number of nitrogens with zero attached hydrogens (tertiary/aromatic N) is 1. The van der Waals surface area contributed by atoms with Gasteiger partial charge in [-0.3, -0.25) is 0 Å². The number of benzene rings is 2. The van der Waals surface area contributed by atoms with Gasteiger partial charge in [-0.2, -0.15) is 0 Å². The molecule has 1 aliphatic heterocycles. The van der Waals surface area contributed by atoms with Gasteiger partial charge in [0.2, 0.25) is 5.88 Å². The van der Waals surface area contributed by atoms with Gasteiger partial charge < -0.3 is 14.8 Å². The van der Waals surface area contributed by atoms with E-state index in [4.69, 9.17) is 9.47 Å². The maximum absolute atomic E-state index is 14.5. The van der Waals surface area contributed by atoms with Crippen molar-refractivity contribution < 1.29 is 22.6 Å². The second kappa shape index (κ2) is 10.2. The number of hydrogen-bond donors (Lipinski definition) is 1. The van der Waals surface area contributed by atoms with Gasteiger partial charge in [0.05, 0.1) is 26.5 Å². The van der Waals surface area contributed by atoms with Crippen LogP contribution in [0.4, 0.5) is 13.2 Å². The van der Waals surface area contributed by atoms with Crippen molar-refractivity contribution in [3.8, 4) is 17.0 Å². The highest BCUT2D eigenvalue weighted by Crippen LogP contribution is 2.36. The zero-order chi connectivity index (χ0) is 24.2. The molecule has 0 aliphatic carbocycles. The Kier molecular flexibility index (Phi) is 7.24. The molecule has 0 radical (unpaired) electrons. The standard InChI is InChI=1S/C27H29F3N2O2/c1-26(29,30)22-13-19(12-20(14-22)23-15-25(33-2)32-16-24(23)28)17-34-18-27(8-10-31-11-9-27)21-6-4-3-5-7-21/h3-7,12-16,31H,8-11,17-18H2,1-2H3. The SMILES string of the molecule is COc1cc(-c2cc(COCC3(c4ccccc4)CCNCC3)cc(C(C)(F)F)c2)c(F)cn1. The number of methoxy groups -OCH3 is 1. The second-order valence-corrected chi connectivity index (χ2v) is 8.90. The van der Waals surface area contributed by atoms with E-state index in [9.17, 15) is 13.2 Å². The quantitative estimate of drug-likeness (QED) is 0.449. The zero-order valence-electron chi connectivity index (χ0n) is 19.4. The highest BCUT2D eigenvalue weighted by atomic mass is 19.3. The van der Waals surface area contributed by atoms with Crippen LogP contribution >= 0.6 is 0 Å². The van der Waals surface area contributed by atoms with Crippen LogP contribution in [0.2, 0.25) is 0 Å². The molecule has 4 nitrogen and oxygen atoms in total.